The number of terminal acetylenes is 1. The van der Waals surface area contributed by atoms with E-state index in [4.69, 9.17) is 6.42 Å². The van der Waals surface area contributed by atoms with Crippen LogP contribution >= 0.6 is 0 Å². The van der Waals surface area contributed by atoms with E-state index in [0.29, 0.717) is 0 Å². The number of hydrogen-bond acceptors (Lipinski definition) is 3. The average molecular weight is 224 g/mol. The molecule has 0 aromatic heterocycles. The second-order valence-electron chi connectivity index (χ2n) is 4.27. The van der Waals surface area contributed by atoms with Gasteiger partial charge in [-0.2, -0.15) is 0 Å². The molecule has 1 fully saturated rings. The van der Waals surface area contributed by atoms with Crippen LogP contribution in [0.1, 0.15) is 32.6 Å². The standard InChI is InChI=1S/C12H20N2O2/c1-3-8-13-12(16)9(2)14-10-6-4-5-7-11(10)15/h1,9-11,14-15H,4-8H2,2H3,(H,13,16). The Labute approximate surface area is 96.8 Å². The highest BCUT2D eigenvalue weighted by molar-refractivity contribution is 5.81. The molecule has 3 unspecified atom stereocenters. The molecule has 1 aliphatic rings. The Morgan fingerprint density at radius 1 is 1.56 bits per heavy atom. The Morgan fingerprint density at radius 2 is 2.25 bits per heavy atom. The molecule has 4 nitrogen and oxygen atoms in total. The summed E-state index contributed by atoms with van der Waals surface area (Å²) < 4.78 is 0. The molecule has 0 heterocycles. The third-order valence-electron chi connectivity index (χ3n) is 2.95. The predicted molar refractivity (Wildman–Crippen MR) is 62.7 cm³/mol. The van der Waals surface area contributed by atoms with Gasteiger partial charge in [-0.15, -0.1) is 6.42 Å². The number of amides is 1. The minimum Gasteiger partial charge on any atom is -0.392 e. The summed E-state index contributed by atoms with van der Waals surface area (Å²) in [7, 11) is 0. The lowest BCUT2D eigenvalue weighted by Gasteiger charge is -2.30. The van der Waals surface area contributed by atoms with Crippen LogP contribution in [0.4, 0.5) is 0 Å². The first-order valence-corrected chi connectivity index (χ1v) is 5.80. The molecule has 90 valence electrons. The van der Waals surface area contributed by atoms with Gasteiger partial charge < -0.3 is 15.7 Å². The van der Waals surface area contributed by atoms with E-state index in [0.717, 1.165) is 25.7 Å². The Bertz CT molecular complexity index is 273. The smallest absolute Gasteiger partial charge is 0.237 e. The summed E-state index contributed by atoms with van der Waals surface area (Å²) in [5.41, 5.74) is 0. The van der Waals surface area contributed by atoms with Gasteiger partial charge in [-0.05, 0) is 19.8 Å². The fraction of sp³-hybridized carbons (Fsp3) is 0.750. The Balaban J connectivity index is 2.34. The summed E-state index contributed by atoms with van der Waals surface area (Å²) in [6.45, 7) is 2.03. The van der Waals surface area contributed by atoms with Crippen molar-refractivity contribution in [3.8, 4) is 12.3 Å². The minimum absolute atomic E-state index is 0.0281. The Kier molecular flexibility index (Phi) is 5.30. The zero-order chi connectivity index (χ0) is 12.0. The Morgan fingerprint density at radius 3 is 2.88 bits per heavy atom. The van der Waals surface area contributed by atoms with E-state index in [1.54, 1.807) is 6.92 Å². The summed E-state index contributed by atoms with van der Waals surface area (Å²) >= 11 is 0. The van der Waals surface area contributed by atoms with Gasteiger partial charge >= 0.3 is 0 Å². The molecular formula is C12H20N2O2. The summed E-state index contributed by atoms with van der Waals surface area (Å²) in [5.74, 6) is 2.24. The van der Waals surface area contributed by atoms with Crippen molar-refractivity contribution in [3.05, 3.63) is 0 Å². The fourth-order valence-corrected chi connectivity index (χ4v) is 1.99. The molecule has 0 radical (unpaired) electrons. The summed E-state index contributed by atoms with van der Waals surface area (Å²) in [6.07, 6.45) is 8.63. The molecular weight excluding hydrogens is 204 g/mol. The third kappa shape index (κ3) is 3.84. The van der Waals surface area contributed by atoms with E-state index in [1.165, 1.54) is 0 Å². The molecule has 16 heavy (non-hydrogen) atoms. The largest absolute Gasteiger partial charge is 0.392 e. The van der Waals surface area contributed by atoms with E-state index in [1.807, 2.05) is 0 Å². The summed E-state index contributed by atoms with van der Waals surface area (Å²) in [4.78, 5) is 11.5. The van der Waals surface area contributed by atoms with Gasteiger partial charge in [0, 0.05) is 6.04 Å². The molecule has 0 spiro atoms. The number of carbonyl (C=O) groups is 1. The lowest BCUT2D eigenvalue weighted by Crippen LogP contribution is -2.51. The molecule has 1 rings (SSSR count). The number of aliphatic hydroxyl groups is 1. The van der Waals surface area contributed by atoms with Crippen molar-refractivity contribution in [3.63, 3.8) is 0 Å². The molecule has 0 bridgehead atoms. The predicted octanol–water partition coefficient (Wildman–Crippen LogP) is 0.0174. The molecule has 0 aliphatic heterocycles. The molecule has 1 aliphatic carbocycles. The van der Waals surface area contributed by atoms with Gasteiger partial charge in [0.15, 0.2) is 0 Å². The van der Waals surface area contributed by atoms with Crippen molar-refractivity contribution in [2.75, 3.05) is 6.54 Å². The number of nitrogens with one attached hydrogen (secondary N) is 2. The molecule has 1 amide bonds. The average Bonchev–Trinajstić information content (AvgIpc) is 2.28. The number of aliphatic hydroxyl groups excluding tert-OH is 1. The SMILES string of the molecule is C#CCNC(=O)C(C)NC1CCCCC1O. The fourth-order valence-electron chi connectivity index (χ4n) is 1.99. The molecule has 0 aromatic carbocycles. The van der Waals surface area contributed by atoms with Gasteiger partial charge in [0.2, 0.25) is 5.91 Å². The normalized spacial score (nSPS) is 26.8. The van der Waals surface area contributed by atoms with Crippen molar-refractivity contribution in [1.82, 2.24) is 10.6 Å². The second-order valence-corrected chi connectivity index (χ2v) is 4.27. The van der Waals surface area contributed by atoms with Crippen molar-refractivity contribution in [2.45, 2.75) is 50.8 Å². The van der Waals surface area contributed by atoms with E-state index < -0.39 is 0 Å². The first kappa shape index (κ1) is 13.0. The highest BCUT2D eigenvalue weighted by Crippen LogP contribution is 2.18. The van der Waals surface area contributed by atoms with Crippen LogP contribution in [0, 0.1) is 12.3 Å². The van der Waals surface area contributed by atoms with Crippen LogP contribution in [0.2, 0.25) is 0 Å². The molecule has 0 saturated heterocycles. The number of hydrogen-bond donors (Lipinski definition) is 3. The lowest BCUT2D eigenvalue weighted by atomic mass is 9.92. The van der Waals surface area contributed by atoms with Crippen LogP contribution in [-0.4, -0.2) is 35.7 Å². The van der Waals surface area contributed by atoms with Crippen LogP contribution in [0.3, 0.4) is 0 Å². The van der Waals surface area contributed by atoms with Gasteiger partial charge in [0.05, 0.1) is 18.7 Å². The minimum atomic E-state index is -0.336. The second kappa shape index (κ2) is 6.51. The van der Waals surface area contributed by atoms with Crippen LogP contribution in [0.5, 0.6) is 0 Å². The highest BCUT2D eigenvalue weighted by atomic mass is 16.3. The maximum atomic E-state index is 11.5. The monoisotopic (exact) mass is 224 g/mol. The van der Waals surface area contributed by atoms with Crippen molar-refractivity contribution < 1.29 is 9.90 Å². The van der Waals surface area contributed by atoms with E-state index in [-0.39, 0.29) is 30.6 Å². The number of rotatable bonds is 4. The van der Waals surface area contributed by atoms with Gasteiger partial charge in [-0.3, -0.25) is 4.79 Å². The maximum absolute atomic E-state index is 11.5. The molecule has 3 N–H and O–H groups in total. The first-order valence-electron chi connectivity index (χ1n) is 5.80. The number of carbonyl (C=O) groups excluding carboxylic acids is 1. The molecule has 0 aromatic rings. The van der Waals surface area contributed by atoms with Gasteiger partial charge in [0.25, 0.3) is 0 Å². The van der Waals surface area contributed by atoms with Gasteiger partial charge in [-0.1, -0.05) is 18.8 Å². The van der Waals surface area contributed by atoms with E-state index in [2.05, 4.69) is 16.6 Å². The van der Waals surface area contributed by atoms with Crippen LogP contribution < -0.4 is 10.6 Å². The van der Waals surface area contributed by atoms with Crippen LogP contribution in [-0.2, 0) is 4.79 Å². The lowest BCUT2D eigenvalue weighted by molar-refractivity contribution is -0.123. The van der Waals surface area contributed by atoms with Gasteiger partial charge in [0.1, 0.15) is 0 Å². The van der Waals surface area contributed by atoms with Crippen LogP contribution in [0.15, 0.2) is 0 Å². The zero-order valence-corrected chi connectivity index (χ0v) is 9.70. The quantitative estimate of drug-likeness (QED) is 0.590. The van der Waals surface area contributed by atoms with E-state index in [9.17, 15) is 9.90 Å². The molecule has 4 heteroatoms. The van der Waals surface area contributed by atoms with E-state index >= 15 is 0 Å². The topological polar surface area (TPSA) is 61.4 Å². The van der Waals surface area contributed by atoms with Crippen LogP contribution in [0.25, 0.3) is 0 Å². The third-order valence-corrected chi connectivity index (χ3v) is 2.95. The first-order chi connectivity index (χ1) is 7.65. The van der Waals surface area contributed by atoms with Crippen molar-refractivity contribution in [2.24, 2.45) is 0 Å². The highest BCUT2D eigenvalue weighted by Gasteiger charge is 2.25. The molecule has 3 atom stereocenters. The Hall–Kier alpha value is -1.05. The summed E-state index contributed by atoms with van der Waals surface area (Å²) in [5, 5.41) is 15.5. The molecule has 1 saturated carbocycles. The maximum Gasteiger partial charge on any atom is 0.237 e. The van der Waals surface area contributed by atoms with Crippen molar-refractivity contribution >= 4 is 5.91 Å². The summed E-state index contributed by atoms with van der Waals surface area (Å²) in [6, 6.07) is -0.286. The van der Waals surface area contributed by atoms with Gasteiger partial charge in [-0.25, -0.2) is 0 Å². The zero-order valence-electron chi connectivity index (χ0n) is 9.70. The van der Waals surface area contributed by atoms with Crippen molar-refractivity contribution in [1.29, 1.82) is 0 Å².